The van der Waals surface area contributed by atoms with Crippen molar-refractivity contribution in [2.24, 2.45) is 0 Å². The van der Waals surface area contributed by atoms with Gasteiger partial charge >= 0.3 is 0 Å². The summed E-state index contributed by atoms with van der Waals surface area (Å²) in [6.45, 7) is 5.24. The van der Waals surface area contributed by atoms with Crippen molar-refractivity contribution in [2.45, 2.75) is 19.9 Å². The summed E-state index contributed by atoms with van der Waals surface area (Å²) in [5.41, 5.74) is 0.520. The van der Waals surface area contributed by atoms with Gasteiger partial charge in [-0.3, -0.25) is 19.7 Å². The zero-order chi connectivity index (χ0) is 25.7. The van der Waals surface area contributed by atoms with Gasteiger partial charge in [0, 0.05) is 30.8 Å². The van der Waals surface area contributed by atoms with Crippen LogP contribution in [0.2, 0.25) is 0 Å². The monoisotopic (exact) mass is 483 g/mol. The van der Waals surface area contributed by atoms with Crippen LogP contribution >= 0.6 is 0 Å². The van der Waals surface area contributed by atoms with Crippen molar-refractivity contribution >= 4 is 23.1 Å². The number of hydrogen-bond acceptors (Lipinski definition) is 8. The molecular formula is C25H29N3O7. The van der Waals surface area contributed by atoms with Crippen molar-refractivity contribution in [1.82, 2.24) is 9.80 Å². The van der Waals surface area contributed by atoms with Crippen LogP contribution in [0.3, 0.4) is 0 Å². The highest BCUT2D eigenvalue weighted by molar-refractivity contribution is 6.46. The largest absolute Gasteiger partial charge is 0.507 e. The molecule has 1 N–H and O–H groups in total. The number of carbonyl (C=O) groups excluding carboxylic acids is 2. The van der Waals surface area contributed by atoms with E-state index in [4.69, 9.17) is 9.47 Å². The summed E-state index contributed by atoms with van der Waals surface area (Å²) >= 11 is 0. The van der Waals surface area contributed by atoms with E-state index in [0.717, 1.165) is 0 Å². The Hall–Kier alpha value is -3.92. The molecule has 1 atom stereocenters. The highest BCUT2D eigenvalue weighted by Gasteiger charge is 2.46. The molecule has 1 fully saturated rings. The normalized spacial score (nSPS) is 17.2. The smallest absolute Gasteiger partial charge is 0.295 e. The number of hydrogen-bond donors (Lipinski definition) is 1. The van der Waals surface area contributed by atoms with Gasteiger partial charge < -0.3 is 24.4 Å². The molecule has 10 nitrogen and oxygen atoms in total. The molecule has 1 heterocycles. The van der Waals surface area contributed by atoms with E-state index in [0.29, 0.717) is 36.8 Å². The van der Waals surface area contributed by atoms with Crippen LogP contribution in [-0.2, 0) is 9.59 Å². The van der Waals surface area contributed by atoms with Gasteiger partial charge in [0.2, 0.25) is 0 Å². The first-order valence-electron chi connectivity index (χ1n) is 11.3. The molecule has 0 aliphatic carbocycles. The number of amides is 1. The summed E-state index contributed by atoms with van der Waals surface area (Å²) < 4.78 is 11.4. The number of Topliss-reactive ketones (excluding diaryl/α,β-unsaturated/α-hetero) is 1. The van der Waals surface area contributed by atoms with E-state index in [1.54, 1.807) is 18.2 Å². The van der Waals surface area contributed by atoms with Gasteiger partial charge in [0.05, 0.1) is 29.8 Å². The summed E-state index contributed by atoms with van der Waals surface area (Å²) in [4.78, 5) is 39.9. The van der Waals surface area contributed by atoms with Crippen molar-refractivity contribution in [1.29, 1.82) is 0 Å². The van der Waals surface area contributed by atoms with Gasteiger partial charge in [-0.1, -0.05) is 6.07 Å². The van der Waals surface area contributed by atoms with Gasteiger partial charge in [-0.15, -0.1) is 0 Å². The van der Waals surface area contributed by atoms with Gasteiger partial charge in [-0.05, 0) is 57.8 Å². The fourth-order valence-corrected chi connectivity index (χ4v) is 3.90. The van der Waals surface area contributed by atoms with Crippen molar-refractivity contribution < 1.29 is 29.1 Å². The number of ether oxygens (including phenoxy) is 2. The van der Waals surface area contributed by atoms with Crippen molar-refractivity contribution in [3.8, 4) is 11.5 Å². The number of ketones is 1. The number of nitro benzene ring substituents is 1. The van der Waals surface area contributed by atoms with E-state index in [9.17, 15) is 24.8 Å². The Kier molecular flexibility index (Phi) is 8.08. The summed E-state index contributed by atoms with van der Waals surface area (Å²) in [6.07, 6.45) is 0. The average molecular weight is 484 g/mol. The van der Waals surface area contributed by atoms with Gasteiger partial charge in [-0.25, -0.2) is 0 Å². The minimum absolute atomic E-state index is 0.0887. The maximum Gasteiger partial charge on any atom is 0.295 e. The molecule has 2 aromatic carbocycles. The van der Waals surface area contributed by atoms with Gasteiger partial charge in [-0.2, -0.15) is 0 Å². The SMILES string of the molecule is CCOc1ccc(C2/C(=C(/O)c3ccc([N+](=O)[O-])cc3)C(=O)C(=O)N2CCN(C)C)cc1OCC. The summed E-state index contributed by atoms with van der Waals surface area (Å²) in [6, 6.07) is 9.43. The number of aliphatic hydroxyl groups excluding tert-OH is 1. The predicted molar refractivity (Wildman–Crippen MR) is 129 cm³/mol. The Morgan fingerprint density at radius 1 is 1.06 bits per heavy atom. The quantitative estimate of drug-likeness (QED) is 0.179. The maximum atomic E-state index is 13.1. The van der Waals surface area contributed by atoms with E-state index < -0.39 is 28.4 Å². The minimum atomic E-state index is -0.875. The van der Waals surface area contributed by atoms with Crippen LogP contribution in [0.5, 0.6) is 11.5 Å². The Morgan fingerprint density at radius 2 is 1.69 bits per heavy atom. The van der Waals surface area contributed by atoms with Crippen LogP contribution in [0.4, 0.5) is 5.69 Å². The van der Waals surface area contributed by atoms with E-state index in [1.165, 1.54) is 29.2 Å². The van der Waals surface area contributed by atoms with Crippen LogP contribution in [0.25, 0.3) is 5.76 Å². The topological polar surface area (TPSA) is 122 Å². The van der Waals surface area contributed by atoms with Gasteiger partial charge in [0.15, 0.2) is 11.5 Å². The lowest BCUT2D eigenvalue weighted by Crippen LogP contribution is -2.35. The average Bonchev–Trinajstić information content (AvgIpc) is 3.08. The lowest BCUT2D eigenvalue weighted by Gasteiger charge is -2.27. The van der Waals surface area contributed by atoms with Crippen molar-refractivity contribution in [3.05, 3.63) is 69.3 Å². The third-order valence-electron chi connectivity index (χ3n) is 5.56. The molecule has 0 aromatic heterocycles. The van der Waals surface area contributed by atoms with Crippen molar-refractivity contribution in [3.63, 3.8) is 0 Å². The number of carbonyl (C=O) groups is 2. The van der Waals surface area contributed by atoms with E-state index in [2.05, 4.69) is 0 Å². The number of likely N-dealkylation sites (tertiary alicyclic amines) is 1. The first-order valence-corrected chi connectivity index (χ1v) is 11.3. The predicted octanol–water partition coefficient (Wildman–Crippen LogP) is 3.38. The number of non-ortho nitro benzene ring substituents is 1. The summed E-state index contributed by atoms with van der Waals surface area (Å²) in [5.74, 6) is -0.967. The molecule has 1 amide bonds. The second-order valence-corrected chi connectivity index (χ2v) is 8.17. The number of aliphatic hydroxyl groups is 1. The highest BCUT2D eigenvalue weighted by atomic mass is 16.6. The standard InChI is InChI=1S/C25H29N3O7/c1-5-34-19-12-9-17(15-20(19)35-6-2)22-21(24(30)25(31)27(22)14-13-26(3)4)23(29)16-7-10-18(11-8-16)28(32)33/h7-12,15,22,29H,5-6,13-14H2,1-4H3/b23-21-. The number of nitro groups is 1. The molecule has 1 saturated heterocycles. The molecule has 2 aromatic rings. The fourth-order valence-electron chi connectivity index (χ4n) is 3.90. The summed E-state index contributed by atoms with van der Waals surface area (Å²) in [5, 5.41) is 22.1. The van der Waals surface area contributed by atoms with E-state index >= 15 is 0 Å². The minimum Gasteiger partial charge on any atom is -0.507 e. The number of nitrogens with zero attached hydrogens (tertiary/aromatic N) is 3. The van der Waals surface area contributed by atoms with Crippen LogP contribution in [0.1, 0.15) is 31.0 Å². The number of likely N-dealkylation sites (N-methyl/N-ethyl adjacent to an activating group) is 1. The van der Waals surface area contributed by atoms with Crippen LogP contribution < -0.4 is 9.47 Å². The molecule has 1 aliphatic heterocycles. The first-order chi connectivity index (χ1) is 16.7. The molecule has 35 heavy (non-hydrogen) atoms. The zero-order valence-electron chi connectivity index (χ0n) is 20.2. The Labute approximate surface area is 203 Å². The molecule has 0 radical (unpaired) electrons. The van der Waals surface area contributed by atoms with Crippen LogP contribution in [0.15, 0.2) is 48.0 Å². The molecule has 1 unspecified atom stereocenters. The lowest BCUT2D eigenvalue weighted by molar-refractivity contribution is -0.384. The molecule has 0 saturated carbocycles. The lowest BCUT2D eigenvalue weighted by atomic mass is 9.95. The van der Waals surface area contributed by atoms with E-state index in [1.807, 2.05) is 32.8 Å². The molecule has 0 spiro atoms. The zero-order valence-corrected chi connectivity index (χ0v) is 20.2. The third-order valence-corrected chi connectivity index (χ3v) is 5.56. The number of rotatable bonds is 10. The maximum absolute atomic E-state index is 13.1. The molecule has 10 heteroatoms. The molecular weight excluding hydrogens is 454 g/mol. The van der Waals surface area contributed by atoms with Gasteiger partial charge in [0.1, 0.15) is 5.76 Å². The van der Waals surface area contributed by atoms with E-state index in [-0.39, 0.29) is 23.4 Å². The molecule has 3 rings (SSSR count). The summed E-state index contributed by atoms with van der Waals surface area (Å²) in [7, 11) is 3.71. The fraction of sp³-hybridized carbons (Fsp3) is 0.360. The highest BCUT2D eigenvalue weighted by Crippen LogP contribution is 2.42. The Bertz CT molecular complexity index is 1140. The Morgan fingerprint density at radius 3 is 2.26 bits per heavy atom. The first kappa shape index (κ1) is 25.7. The second kappa shape index (κ2) is 11.0. The van der Waals surface area contributed by atoms with Crippen LogP contribution in [-0.4, -0.2) is 71.9 Å². The van der Waals surface area contributed by atoms with Crippen LogP contribution in [0, 0.1) is 10.1 Å². The van der Waals surface area contributed by atoms with Gasteiger partial charge in [0.25, 0.3) is 17.4 Å². The number of benzene rings is 2. The molecule has 186 valence electrons. The van der Waals surface area contributed by atoms with Crippen molar-refractivity contribution in [2.75, 3.05) is 40.4 Å². The molecule has 1 aliphatic rings. The molecule has 0 bridgehead atoms. The third kappa shape index (κ3) is 5.43. The second-order valence-electron chi connectivity index (χ2n) is 8.17. The Balaban J connectivity index is 2.16.